The van der Waals surface area contributed by atoms with E-state index in [9.17, 15) is 18.0 Å². The molecule has 0 saturated carbocycles. The Morgan fingerprint density at radius 2 is 1.90 bits per heavy atom. The first-order valence-corrected chi connectivity index (χ1v) is 7.14. The van der Waals surface area contributed by atoms with Crippen molar-refractivity contribution in [1.29, 1.82) is 0 Å². The highest BCUT2D eigenvalue weighted by atomic mass is 32.1. The standard InChI is InChI=1S/C13H19F3N2OS/c1-7(2)12-17-8(3)11(20-12)9(4)18(5)10(19)6-13(14,15)16/h7,9H,6H2,1-5H3/t9-/m0/s1. The molecule has 0 aromatic carbocycles. The molecule has 1 amide bonds. The Labute approximate surface area is 120 Å². The van der Waals surface area contributed by atoms with E-state index in [1.807, 2.05) is 20.8 Å². The number of carbonyl (C=O) groups is 1. The summed E-state index contributed by atoms with van der Waals surface area (Å²) in [6, 6.07) is -0.408. The quantitative estimate of drug-likeness (QED) is 0.841. The maximum absolute atomic E-state index is 12.3. The Morgan fingerprint density at radius 1 is 1.35 bits per heavy atom. The van der Waals surface area contributed by atoms with Crippen LogP contribution in [0.2, 0.25) is 0 Å². The third kappa shape index (κ3) is 4.19. The molecule has 0 bridgehead atoms. The number of rotatable bonds is 4. The molecule has 1 atom stereocenters. The average molecular weight is 308 g/mol. The molecule has 1 rings (SSSR count). The van der Waals surface area contributed by atoms with Crippen LogP contribution in [0.1, 0.15) is 54.7 Å². The number of carbonyl (C=O) groups excluding carboxylic acids is 1. The van der Waals surface area contributed by atoms with Crippen LogP contribution in [0.5, 0.6) is 0 Å². The van der Waals surface area contributed by atoms with Crippen molar-refractivity contribution in [2.24, 2.45) is 0 Å². The molecule has 1 heterocycles. The number of hydrogen-bond acceptors (Lipinski definition) is 3. The molecule has 114 valence electrons. The zero-order valence-electron chi connectivity index (χ0n) is 12.2. The highest BCUT2D eigenvalue weighted by Crippen LogP contribution is 2.32. The summed E-state index contributed by atoms with van der Waals surface area (Å²) in [5.41, 5.74) is 0.776. The van der Waals surface area contributed by atoms with Crippen LogP contribution in [0.25, 0.3) is 0 Å². The number of nitrogens with zero attached hydrogens (tertiary/aromatic N) is 2. The van der Waals surface area contributed by atoms with Gasteiger partial charge in [0.15, 0.2) is 0 Å². The van der Waals surface area contributed by atoms with Crippen molar-refractivity contribution < 1.29 is 18.0 Å². The van der Waals surface area contributed by atoms with Gasteiger partial charge in [-0.2, -0.15) is 13.2 Å². The second-order valence-electron chi connectivity index (χ2n) is 5.13. The summed E-state index contributed by atoms with van der Waals surface area (Å²) >= 11 is 1.45. The molecule has 0 unspecified atom stereocenters. The van der Waals surface area contributed by atoms with E-state index < -0.39 is 24.5 Å². The van der Waals surface area contributed by atoms with Crippen molar-refractivity contribution in [2.45, 2.75) is 52.3 Å². The second kappa shape index (κ2) is 6.11. The molecular weight excluding hydrogens is 289 g/mol. The molecule has 0 saturated heterocycles. The fourth-order valence-electron chi connectivity index (χ4n) is 1.75. The van der Waals surface area contributed by atoms with E-state index in [1.165, 1.54) is 18.4 Å². The van der Waals surface area contributed by atoms with Gasteiger partial charge < -0.3 is 4.90 Å². The van der Waals surface area contributed by atoms with Crippen LogP contribution in [0.3, 0.4) is 0 Å². The SMILES string of the molecule is Cc1nc(C(C)C)sc1[C@H](C)N(C)C(=O)CC(F)(F)F. The molecule has 0 N–H and O–H groups in total. The van der Waals surface area contributed by atoms with Crippen molar-refractivity contribution in [1.82, 2.24) is 9.88 Å². The Kier molecular flexibility index (Phi) is 5.18. The van der Waals surface area contributed by atoms with Gasteiger partial charge in [-0.05, 0) is 13.8 Å². The first-order valence-electron chi connectivity index (χ1n) is 6.32. The van der Waals surface area contributed by atoms with Gasteiger partial charge in [0.2, 0.25) is 5.91 Å². The molecular formula is C13H19F3N2OS. The molecule has 0 aliphatic heterocycles. The van der Waals surface area contributed by atoms with Crippen LogP contribution in [0, 0.1) is 6.92 Å². The van der Waals surface area contributed by atoms with E-state index in [0.717, 1.165) is 20.5 Å². The number of aryl methyl sites for hydroxylation is 1. The van der Waals surface area contributed by atoms with E-state index in [1.54, 1.807) is 6.92 Å². The number of amides is 1. The van der Waals surface area contributed by atoms with Crippen molar-refractivity contribution >= 4 is 17.2 Å². The summed E-state index contributed by atoms with van der Waals surface area (Å²) in [6.45, 7) is 7.55. The highest BCUT2D eigenvalue weighted by molar-refractivity contribution is 7.11. The Hall–Kier alpha value is -1.11. The summed E-state index contributed by atoms with van der Waals surface area (Å²) in [6.07, 6.45) is -5.90. The van der Waals surface area contributed by atoms with Crippen molar-refractivity contribution in [3.05, 3.63) is 15.6 Å². The van der Waals surface area contributed by atoms with Gasteiger partial charge in [-0.3, -0.25) is 4.79 Å². The summed E-state index contributed by atoms with van der Waals surface area (Å²) in [4.78, 5) is 18.0. The monoisotopic (exact) mass is 308 g/mol. The molecule has 0 fully saturated rings. The van der Waals surface area contributed by atoms with Crippen LogP contribution in [0.15, 0.2) is 0 Å². The molecule has 7 heteroatoms. The Morgan fingerprint density at radius 3 is 2.30 bits per heavy atom. The van der Waals surface area contributed by atoms with Gasteiger partial charge in [0, 0.05) is 17.8 Å². The number of halogens is 3. The van der Waals surface area contributed by atoms with Gasteiger partial charge in [-0.25, -0.2) is 4.98 Å². The molecule has 0 spiro atoms. The lowest BCUT2D eigenvalue weighted by atomic mass is 10.2. The first-order chi connectivity index (χ1) is 9.03. The normalized spacial score (nSPS) is 13.7. The average Bonchev–Trinajstić information content (AvgIpc) is 2.67. The van der Waals surface area contributed by atoms with E-state index in [4.69, 9.17) is 0 Å². The Bertz CT molecular complexity index is 482. The third-order valence-corrected chi connectivity index (χ3v) is 4.68. The van der Waals surface area contributed by atoms with Crippen LogP contribution in [-0.2, 0) is 4.79 Å². The van der Waals surface area contributed by atoms with Crippen molar-refractivity contribution in [2.75, 3.05) is 7.05 Å². The zero-order valence-corrected chi connectivity index (χ0v) is 13.0. The second-order valence-corrected chi connectivity index (χ2v) is 6.19. The van der Waals surface area contributed by atoms with Crippen LogP contribution in [0.4, 0.5) is 13.2 Å². The largest absolute Gasteiger partial charge is 0.397 e. The molecule has 1 aromatic heterocycles. The van der Waals surface area contributed by atoms with Gasteiger partial charge in [-0.1, -0.05) is 13.8 Å². The lowest BCUT2D eigenvalue weighted by molar-refractivity contribution is -0.161. The van der Waals surface area contributed by atoms with Gasteiger partial charge >= 0.3 is 6.18 Å². The molecule has 3 nitrogen and oxygen atoms in total. The van der Waals surface area contributed by atoms with Gasteiger partial charge in [0.25, 0.3) is 0 Å². The maximum Gasteiger partial charge on any atom is 0.397 e. The molecule has 0 radical (unpaired) electrons. The predicted molar refractivity (Wildman–Crippen MR) is 72.8 cm³/mol. The van der Waals surface area contributed by atoms with Gasteiger partial charge in [-0.15, -0.1) is 11.3 Å². The van der Waals surface area contributed by atoms with Gasteiger partial charge in [0.1, 0.15) is 6.42 Å². The Balaban J connectivity index is 2.89. The van der Waals surface area contributed by atoms with Crippen LogP contribution < -0.4 is 0 Å². The smallest absolute Gasteiger partial charge is 0.338 e. The lowest BCUT2D eigenvalue weighted by Crippen LogP contribution is -2.32. The van der Waals surface area contributed by atoms with Crippen molar-refractivity contribution in [3.63, 3.8) is 0 Å². The highest BCUT2D eigenvalue weighted by Gasteiger charge is 2.34. The number of aromatic nitrogens is 1. The third-order valence-electron chi connectivity index (χ3n) is 3.05. The predicted octanol–water partition coefficient (Wildman–Crippen LogP) is 4.05. The van der Waals surface area contributed by atoms with Crippen LogP contribution in [-0.4, -0.2) is 29.0 Å². The summed E-state index contributed by atoms with van der Waals surface area (Å²) in [7, 11) is 1.40. The van der Waals surface area contributed by atoms with E-state index >= 15 is 0 Å². The number of thiazole rings is 1. The van der Waals surface area contributed by atoms with E-state index in [0.29, 0.717) is 0 Å². The molecule has 0 aliphatic rings. The van der Waals surface area contributed by atoms with E-state index in [-0.39, 0.29) is 5.92 Å². The molecule has 1 aromatic rings. The topological polar surface area (TPSA) is 33.2 Å². The maximum atomic E-state index is 12.3. The van der Waals surface area contributed by atoms with Crippen LogP contribution >= 0.6 is 11.3 Å². The number of hydrogen-bond donors (Lipinski definition) is 0. The summed E-state index contributed by atoms with van der Waals surface area (Å²) in [5.74, 6) is -0.667. The first kappa shape index (κ1) is 16.9. The van der Waals surface area contributed by atoms with Crippen molar-refractivity contribution in [3.8, 4) is 0 Å². The van der Waals surface area contributed by atoms with E-state index in [2.05, 4.69) is 4.98 Å². The molecule has 20 heavy (non-hydrogen) atoms. The fraction of sp³-hybridized carbons (Fsp3) is 0.692. The summed E-state index contributed by atoms with van der Waals surface area (Å²) < 4.78 is 36.8. The fourth-order valence-corrected chi connectivity index (χ4v) is 2.92. The zero-order chi connectivity index (χ0) is 15.7. The van der Waals surface area contributed by atoms with Gasteiger partial charge in [0.05, 0.1) is 16.7 Å². The lowest BCUT2D eigenvalue weighted by Gasteiger charge is -2.25. The minimum absolute atomic E-state index is 0.260. The summed E-state index contributed by atoms with van der Waals surface area (Å²) in [5, 5.41) is 0.932. The minimum atomic E-state index is -4.48. The number of alkyl halides is 3. The minimum Gasteiger partial charge on any atom is -0.338 e. The molecule has 0 aliphatic carbocycles.